The highest BCUT2D eigenvalue weighted by Crippen LogP contribution is 2.21. The van der Waals surface area contributed by atoms with Gasteiger partial charge in [-0.1, -0.05) is 138 Å². The number of ketones is 1. The number of unbranched alkanes of at least 4 members (excludes halogenated alkanes) is 14. The number of aromatic hydroxyl groups is 1. The molecule has 2 bridgehead atoms. The molecule has 12 N–H and O–H groups in total. The number of phenols is 1. The van der Waals surface area contributed by atoms with Crippen LogP contribution < -0.4 is 48.7 Å². The molecule has 0 spiro atoms. The topological polar surface area (TPSA) is 354 Å². The van der Waals surface area contributed by atoms with Gasteiger partial charge in [-0.2, -0.15) is 0 Å². The molecule has 23 nitrogen and oxygen atoms in total. The van der Waals surface area contributed by atoms with E-state index < -0.39 is 95.7 Å². The number of hydrogen-bond donors (Lipinski definition) is 10. The van der Waals surface area contributed by atoms with Crippen molar-refractivity contribution in [3.05, 3.63) is 108 Å². The molecular weight excluding hydrogens is 1160 g/mol. The van der Waals surface area contributed by atoms with E-state index in [0.717, 1.165) is 19.3 Å². The first-order chi connectivity index (χ1) is 44.0. The molecule has 3 heterocycles. The molecule has 0 saturated heterocycles. The monoisotopic (exact) mass is 1260 g/mol. The molecule has 7 atom stereocenters. The van der Waals surface area contributed by atoms with E-state index in [1.165, 1.54) is 89.5 Å². The highest BCUT2D eigenvalue weighted by Gasteiger charge is 2.35. The number of carbonyl (C=O) groups is 9. The van der Waals surface area contributed by atoms with Gasteiger partial charge in [-0.3, -0.25) is 52.8 Å². The maximum atomic E-state index is 15.0. The van der Waals surface area contributed by atoms with Crippen LogP contribution in [0.3, 0.4) is 0 Å². The van der Waals surface area contributed by atoms with Crippen LogP contribution in [-0.2, 0) is 75.4 Å². The Bertz CT molecular complexity index is 2860. The van der Waals surface area contributed by atoms with Crippen molar-refractivity contribution in [1.29, 1.82) is 0 Å². The van der Waals surface area contributed by atoms with Crippen molar-refractivity contribution in [3.63, 3.8) is 0 Å². The van der Waals surface area contributed by atoms with Gasteiger partial charge in [0.05, 0.1) is 11.7 Å². The van der Waals surface area contributed by atoms with Gasteiger partial charge in [0.25, 0.3) is 0 Å². The lowest BCUT2D eigenvalue weighted by Crippen LogP contribution is -2.58. The molecule has 498 valence electrons. The molecule has 8 amide bonds. The summed E-state index contributed by atoms with van der Waals surface area (Å²) in [4.78, 5) is 131. The number of carbonyl (C=O) groups excluding carboxylic acids is 9. The Morgan fingerprint density at radius 3 is 1.97 bits per heavy atom. The standard InChI is InChI=1S/C68H101N13O10/c1-3-4-5-6-7-8-9-10-11-12-13-14-18-32-62(85)72-39-23-20-29-55(63(70)86)74-65(88)56-31-21-24-40-81-47-53(79-80-81)45-60(73-48(2)82)68(91)78-59(43-51-28-25-38-71-46-51)67(90)76-57(30-19-22-37-69)66(89)77-58(42-50-33-35-54(83)36-34-50)61(84)44-52(64(87)75-56)41-49-26-16-15-17-27-49/h15-17,25-28,33-36,38,46-47,52,55-60,83H,3-14,18-24,29-32,37,39-45,69H2,1-2H3,(H2,70,86)(H,72,85)(H,73,82)(H,74,88)(H,75,87)(H,76,90)(H,77,89)(H,78,91)/t52-,55-,56-,57+,58+,59+,60-/m1/s1. The number of rotatable bonds is 33. The van der Waals surface area contributed by atoms with Gasteiger partial charge in [0.2, 0.25) is 47.3 Å². The van der Waals surface area contributed by atoms with E-state index in [1.807, 2.05) is 6.07 Å². The Morgan fingerprint density at radius 2 is 1.31 bits per heavy atom. The van der Waals surface area contributed by atoms with Crippen molar-refractivity contribution in [1.82, 2.24) is 57.2 Å². The van der Waals surface area contributed by atoms with Gasteiger partial charge in [0.15, 0.2) is 5.78 Å². The summed E-state index contributed by atoms with van der Waals surface area (Å²) >= 11 is 0. The van der Waals surface area contributed by atoms with Gasteiger partial charge in [0.1, 0.15) is 36.0 Å². The van der Waals surface area contributed by atoms with Crippen LogP contribution in [0.25, 0.3) is 0 Å². The number of hydrogen-bond acceptors (Lipinski definition) is 14. The van der Waals surface area contributed by atoms with E-state index >= 15 is 4.79 Å². The molecule has 2 aromatic carbocycles. The van der Waals surface area contributed by atoms with E-state index in [2.05, 4.69) is 59.4 Å². The Kier molecular flexibility index (Phi) is 34.1. The first kappa shape index (κ1) is 73.7. The maximum absolute atomic E-state index is 15.0. The lowest BCUT2D eigenvalue weighted by molar-refractivity contribution is -0.135. The van der Waals surface area contributed by atoms with Crippen molar-refractivity contribution in [3.8, 4) is 5.75 Å². The number of amides is 8. The van der Waals surface area contributed by atoms with E-state index in [-0.39, 0.29) is 69.7 Å². The van der Waals surface area contributed by atoms with Crippen molar-refractivity contribution < 1.29 is 48.3 Å². The minimum absolute atomic E-state index is 0.0323. The van der Waals surface area contributed by atoms with E-state index in [0.29, 0.717) is 73.9 Å². The smallest absolute Gasteiger partial charge is 0.243 e. The fourth-order valence-electron chi connectivity index (χ4n) is 11.2. The van der Waals surface area contributed by atoms with Crippen LogP contribution in [0.5, 0.6) is 5.75 Å². The third-order valence-electron chi connectivity index (χ3n) is 16.5. The average molecular weight is 1260 g/mol. The van der Waals surface area contributed by atoms with Crippen molar-refractivity contribution in [2.45, 2.75) is 236 Å². The lowest BCUT2D eigenvalue weighted by Gasteiger charge is -2.27. The second-order valence-electron chi connectivity index (χ2n) is 24.3. The molecule has 0 aliphatic carbocycles. The summed E-state index contributed by atoms with van der Waals surface area (Å²) < 4.78 is 1.54. The molecule has 91 heavy (non-hydrogen) atoms. The molecule has 0 saturated carbocycles. The number of nitrogens with zero attached hydrogens (tertiary/aromatic N) is 4. The van der Waals surface area contributed by atoms with Gasteiger partial charge >= 0.3 is 0 Å². The molecule has 0 radical (unpaired) electrons. The second-order valence-corrected chi connectivity index (χ2v) is 24.3. The van der Waals surface area contributed by atoms with Gasteiger partial charge in [-0.05, 0) is 118 Å². The van der Waals surface area contributed by atoms with Crippen LogP contribution in [0.15, 0.2) is 85.3 Å². The zero-order chi connectivity index (χ0) is 65.6. The number of primary amides is 1. The minimum Gasteiger partial charge on any atom is -0.508 e. The number of fused-ring (bicyclic) bond motifs is 2. The number of aryl methyl sites for hydroxylation is 1. The predicted octanol–water partition coefficient (Wildman–Crippen LogP) is 5.72. The molecule has 23 heteroatoms. The molecule has 1 aliphatic heterocycles. The third kappa shape index (κ3) is 29.2. The number of aromatic nitrogens is 4. The van der Waals surface area contributed by atoms with Gasteiger partial charge in [-0.25, -0.2) is 0 Å². The van der Waals surface area contributed by atoms with E-state index in [9.17, 15) is 43.5 Å². The lowest BCUT2D eigenvalue weighted by atomic mass is 9.89. The number of benzene rings is 2. The number of nitrogens with two attached hydrogens (primary N) is 2. The van der Waals surface area contributed by atoms with Crippen molar-refractivity contribution in [2.75, 3.05) is 13.1 Å². The zero-order valence-electron chi connectivity index (χ0n) is 53.6. The quantitative estimate of drug-likeness (QED) is 0.0255. The molecule has 4 aromatic rings. The van der Waals surface area contributed by atoms with E-state index in [4.69, 9.17) is 11.5 Å². The van der Waals surface area contributed by atoms with Gasteiger partial charge < -0.3 is 53.8 Å². The SMILES string of the molecule is CCCCCCCCCCCCCCCC(=O)NCCCC[C@@H](NC(=O)[C@H]1CCCCn2cc(nn2)C[C@@H](NC(C)=O)C(=O)N[C@@H](Cc2cccnc2)C(=O)N[C@@H](CCCCN)C(=O)N[C@@H](Cc2ccc(O)cc2)C(=O)C[C@@H](Cc2ccccc2)C(=O)N1)C(N)=O. The summed E-state index contributed by atoms with van der Waals surface area (Å²) in [6.07, 6.45) is 23.2. The maximum Gasteiger partial charge on any atom is 0.243 e. The summed E-state index contributed by atoms with van der Waals surface area (Å²) in [6, 6.07) is 11.0. The molecular formula is C68H101N13O10. The van der Waals surface area contributed by atoms with Crippen LogP contribution in [0.1, 0.15) is 190 Å². The summed E-state index contributed by atoms with van der Waals surface area (Å²) in [7, 11) is 0. The Balaban J connectivity index is 1.37. The number of pyridine rings is 1. The van der Waals surface area contributed by atoms with Crippen molar-refractivity contribution in [2.24, 2.45) is 17.4 Å². The summed E-state index contributed by atoms with van der Waals surface area (Å²) in [6.45, 7) is 4.43. The molecule has 5 rings (SSSR count). The largest absolute Gasteiger partial charge is 0.508 e. The fraction of sp³-hybridized carbons (Fsp3) is 0.588. The first-order valence-electron chi connectivity index (χ1n) is 33.2. The third-order valence-corrected chi connectivity index (χ3v) is 16.5. The van der Waals surface area contributed by atoms with Crippen LogP contribution in [0.4, 0.5) is 0 Å². The zero-order valence-corrected chi connectivity index (χ0v) is 53.6. The number of Topliss-reactive ketones (excluding diaryl/α,β-unsaturated/α-hetero) is 1. The first-order valence-corrected chi connectivity index (χ1v) is 33.2. The Labute approximate surface area is 536 Å². The second kappa shape index (κ2) is 42.1. The molecule has 2 aromatic heterocycles. The number of phenolic OH excluding ortho intramolecular Hbond substituents is 1. The molecule has 1 aliphatic rings. The van der Waals surface area contributed by atoms with E-state index in [1.54, 1.807) is 65.6 Å². The normalized spacial score (nSPS) is 19.4. The summed E-state index contributed by atoms with van der Waals surface area (Å²) in [5.74, 6) is -6.56. The minimum atomic E-state index is -1.30. The predicted molar refractivity (Wildman–Crippen MR) is 347 cm³/mol. The van der Waals surface area contributed by atoms with Crippen LogP contribution in [0, 0.1) is 5.92 Å². The van der Waals surface area contributed by atoms with Crippen LogP contribution in [0.2, 0.25) is 0 Å². The Hall–Kier alpha value is -8.08. The Morgan fingerprint density at radius 1 is 0.670 bits per heavy atom. The highest BCUT2D eigenvalue weighted by molar-refractivity contribution is 5.98. The van der Waals surface area contributed by atoms with Gasteiger partial charge in [-0.15, -0.1) is 5.10 Å². The van der Waals surface area contributed by atoms with Crippen LogP contribution in [-0.4, -0.2) is 127 Å². The summed E-state index contributed by atoms with van der Waals surface area (Å²) in [5, 5.41) is 38.5. The van der Waals surface area contributed by atoms with Crippen molar-refractivity contribution >= 4 is 53.0 Å². The fourth-order valence-corrected chi connectivity index (χ4v) is 11.2. The van der Waals surface area contributed by atoms with Gasteiger partial charge in [0, 0.05) is 70.2 Å². The average Bonchev–Trinajstić information content (AvgIpc) is 3.56. The van der Waals surface area contributed by atoms with Crippen LogP contribution >= 0.6 is 0 Å². The number of nitrogens with one attached hydrogen (secondary N) is 7. The summed E-state index contributed by atoms with van der Waals surface area (Å²) in [5.41, 5.74) is 14.0. The highest BCUT2D eigenvalue weighted by atomic mass is 16.3. The molecule has 0 fully saturated rings. The molecule has 0 unspecified atom stereocenters.